The molecule has 0 aromatic heterocycles. The highest BCUT2D eigenvalue weighted by Crippen LogP contribution is 2.34. The zero-order chi connectivity index (χ0) is 23.0. The number of anilines is 1. The summed E-state index contributed by atoms with van der Waals surface area (Å²) in [5.74, 6) is 0.765. The van der Waals surface area contributed by atoms with Crippen LogP contribution in [0.4, 0.5) is 5.69 Å². The number of carbonyl (C=O) groups excluding carboxylic acids is 2. The van der Waals surface area contributed by atoms with Crippen molar-refractivity contribution in [3.8, 4) is 11.5 Å². The van der Waals surface area contributed by atoms with Gasteiger partial charge in [0.1, 0.15) is 0 Å². The molecule has 4 rings (SSSR count). The Morgan fingerprint density at radius 2 is 1.91 bits per heavy atom. The summed E-state index contributed by atoms with van der Waals surface area (Å²) in [7, 11) is -2.50. The van der Waals surface area contributed by atoms with E-state index in [-0.39, 0.29) is 36.7 Å². The number of amides is 2. The molecule has 0 saturated heterocycles. The van der Waals surface area contributed by atoms with E-state index in [1.54, 1.807) is 29.2 Å². The number of benzene rings is 2. The Morgan fingerprint density at radius 3 is 2.66 bits per heavy atom. The molecule has 2 aromatic rings. The molecule has 9 nitrogen and oxygen atoms in total. The molecular weight excluding hydrogens is 434 g/mol. The first-order chi connectivity index (χ1) is 15.2. The van der Waals surface area contributed by atoms with Crippen molar-refractivity contribution in [2.24, 2.45) is 0 Å². The molecule has 2 aliphatic rings. The minimum atomic E-state index is -3.87. The number of nitrogens with one attached hydrogen (secondary N) is 1. The van der Waals surface area contributed by atoms with Gasteiger partial charge in [0, 0.05) is 32.2 Å². The summed E-state index contributed by atoms with van der Waals surface area (Å²) in [5, 5.41) is 2.72. The van der Waals surface area contributed by atoms with Gasteiger partial charge in [-0.05, 0) is 54.8 Å². The monoisotopic (exact) mass is 459 g/mol. The van der Waals surface area contributed by atoms with E-state index in [9.17, 15) is 18.0 Å². The van der Waals surface area contributed by atoms with Crippen LogP contribution < -0.4 is 19.7 Å². The lowest BCUT2D eigenvalue weighted by Crippen LogP contribution is -2.38. The van der Waals surface area contributed by atoms with E-state index in [2.05, 4.69) is 5.32 Å². The predicted molar refractivity (Wildman–Crippen MR) is 117 cm³/mol. The van der Waals surface area contributed by atoms with Crippen molar-refractivity contribution in [3.63, 3.8) is 0 Å². The van der Waals surface area contributed by atoms with Gasteiger partial charge in [-0.15, -0.1) is 0 Å². The second-order valence-corrected chi connectivity index (χ2v) is 10.0. The first-order valence-electron chi connectivity index (χ1n) is 10.2. The summed E-state index contributed by atoms with van der Waals surface area (Å²) in [6, 6.07) is 10.0. The second-order valence-electron chi connectivity index (χ2n) is 7.96. The number of nitrogens with zero attached hydrogens (tertiary/aromatic N) is 2. The van der Waals surface area contributed by atoms with Crippen molar-refractivity contribution in [2.45, 2.75) is 37.8 Å². The van der Waals surface area contributed by atoms with Crippen LogP contribution in [0.2, 0.25) is 0 Å². The number of likely N-dealkylation sites (N-methyl/N-ethyl adjacent to an activating group) is 1. The molecule has 0 fully saturated rings. The number of carbonyl (C=O) groups is 2. The zero-order valence-corrected chi connectivity index (χ0v) is 18.9. The number of hydrogen-bond donors (Lipinski definition) is 1. The van der Waals surface area contributed by atoms with E-state index in [0.717, 1.165) is 21.1 Å². The third kappa shape index (κ3) is 4.15. The van der Waals surface area contributed by atoms with Crippen LogP contribution in [-0.4, -0.2) is 51.0 Å². The van der Waals surface area contributed by atoms with Crippen molar-refractivity contribution < 1.29 is 27.5 Å². The van der Waals surface area contributed by atoms with E-state index >= 15 is 0 Å². The normalized spacial score (nSPS) is 16.9. The first kappa shape index (κ1) is 22.1. The van der Waals surface area contributed by atoms with Crippen molar-refractivity contribution in [1.82, 2.24) is 9.62 Å². The van der Waals surface area contributed by atoms with Gasteiger partial charge >= 0.3 is 0 Å². The van der Waals surface area contributed by atoms with Crippen LogP contribution in [0.5, 0.6) is 11.5 Å². The van der Waals surface area contributed by atoms with Crippen LogP contribution in [0.1, 0.15) is 25.0 Å². The number of sulfonamides is 1. The molecule has 0 radical (unpaired) electrons. The highest BCUT2D eigenvalue weighted by Gasteiger charge is 2.31. The third-order valence-corrected chi connectivity index (χ3v) is 7.41. The summed E-state index contributed by atoms with van der Waals surface area (Å²) in [6.45, 7) is 3.50. The second kappa shape index (κ2) is 8.44. The van der Waals surface area contributed by atoms with Gasteiger partial charge in [-0.2, -0.15) is 4.31 Å². The Hall–Kier alpha value is -3.11. The summed E-state index contributed by atoms with van der Waals surface area (Å²) in [6.07, 6.45) is 0.581. The van der Waals surface area contributed by atoms with Gasteiger partial charge in [0.15, 0.2) is 11.5 Å². The Labute approximate surface area is 187 Å². The molecular formula is C22H25N3O6S. The highest BCUT2D eigenvalue weighted by atomic mass is 32.2. The van der Waals surface area contributed by atoms with Gasteiger partial charge in [-0.3, -0.25) is 9.59 Å². The molecule has 170 valence electrons. The summed E-state index contributed by atoms with van der Waals surface area (Å²) < 4.78 is 37.6. The zero-order valence-electron chi connectivity index (χ0n) is 18.1. The maximum atomic E-state index is 13.0. The molecule has 0 bridgehead atoms. The third-order valence-electron chi connectivity index (χ3n) is 5.61. The summed E-state index contributed by atoms with van der Waals surface area (Å²) in [4.78, 5) is 26.0. The molecule has 0 saturated carbocycles. The SMILES string of the molecule is CC(=O)N1c2ccc(S(=O)(=O)N(C)CC(=O)NCc3ccc4c(c3)OCO4)cc2CC1C. The van der Waals surface area contributed by atoms with Gasteiger partial charge in [0.25, 0.3) is 0 Å². The smallest absolute Gasteiger partial charge is 0.243 e. The Balaban J connectivity index is 1.40. The number of ether oxygens (including phenoxy) is 2. The molecule has 2 heterocycles. The van der Waals surface area contributed by atoms with Crippen LogP contribution in [0.3, 0.4) is 0 Å². The van der Waals surface area contributed by atoms with E-state index in [0.29, 0.717) is 17.9 Å². The summed E-state index contributed by atoms with van der Waals surface area (Å²) >= 11 is 0. The molecule has 1 unspecified atom stereocenters. The fourth-order valence-electron chi connectivity index (χ4n) is 4.02. The van der Waals surface area contributed by atoms with Crippen LogP contribution >= 0.6 is 0 Å². The van der Waals surface area contributed by atoms with Gasteiger partial charge in [0.2, 0.25) is 28.6 Å². The lowest BCUT2D eigenvalue weighted by atomic mass is 10.1. The quantitative estimate of drug-likeness (QED) is 0.704. The number of hydrogen-bond acceptors (Lipinski definition) is 6. The highest BCUT2D eigenvalue weighted by molar-refractivity contribution is 7.89. The number of fused-ring (bicyclic) bond motifs is 2. The van der Waals surface area contributed by atoms with Crippen LogP contribution in [-0.2, 0) is 32.6 Å². The maximum Gasteiger partial charge on any atom is 0.243 e. The maximum absolute atomic E-state index is 13.0. The molecule has 10 heteroatoms. The minimum absolute atomic E-state index is 0.0276. The topological polar surface area (TPSA) is 105 Å². The van der Waals surface area contributed by atoms with Crippen molar-refractivity contribution >= 4 is 27.5 Å². The van der Waals surface area contributed by atoms with Crippen LogP contribution in [0, 0.1) is 0 Å². The molecule has 2 aromatic carbocycles. The fourth-order valence-corrected chi connectivity index (χ4v) is 5.20. The van der Waals surface area contributed by atoms with E-state index < -0.39 is 15.9 Å². The minimum Gasteiger partial charge on any atom is -0.454 e. The Morgan fingerprint density at radius 1 is 1.16 bits per heavy atom. The van der Waals surface area contributed by atoms with Crippen molar-refractivity contribution in [1.29, 1.82) is 0 Å². The van der Waals surface area contributed by atoms with Gasteiger partial charge in [-0.25, -0.2) is 8.42 Å². The molecule has 0 spiro atoms. The molecule has 1 N–H and O–H groups in total. The lowest BCUT2D eigenvalue weighted by Gasteiger charge is -2.21. The van der Waals surface area contributed by atoms with Gasteiger partial charge in [0.05, 0.1) is 11.4 Å². The Bertz CT molecular complexity index is 1180. The van der Waals surface area contributed by atoms with Gasteiger partial charge in [-0.1, -0.05) is 6.07 Å². The molecule has 2 aliphatic heterocycles. The largest absolute Gasteiger partial charge is 0.454 e. The fraction of sp³-hybridized carbons (Fsp3) is 0.364. The predicted octanol–water partition coefficient (Wildman–Crippen LogP) is 1.65. The Kier molecular flexibility index (Phi) is 5.83. The molecule has 0 aliphatic carbocycles. The standard InChI is InChI=1S/C22H25N3O6S/c1-14-8-17-10-18(5-6-19(17)25(14)15(2)26)32(28,29)24(3)12-22(27)23-11-16-4-7-20-21(9-16)31-13-30-20/h4-7,9-10,14H,8,11-13H2,1-3H3,(H,23,27). The van der Waals surface area contributed by atoms with Crippen molar-refractivity contribution in [3.05, 3.63) is 47.5 Å². The molecule has 32 heavy (non-hydrogen) atoms. The van der Waals surface area contributed by atoms with E-state index in [1.807, 2.05) is 13.0 Å². The van der Waals surface area contributed by atoms with E-state index in [4.69, 9.17) is 9.47 Å². The van der Waals surface area contributed by atoms with E-state index in [1.165, 1.54) is 20.0 Å². The van der Waals surface area contributed by atoms with Gasteiger partial charge < -0.3 is 19.7 Å². The van der Waals surface area contributed by atoms with Crippen LogP contribution in [0.25, 0.3) is 0 Å². The molecule has 2 amide bonds. The lowest BCUT2D eigenvalue weighted by molar-refractivity contribution is -0.121. The first-order valence-corrected chi connectivity index (χ1v) is 11.6. The summed E-state index contributed by atoms with van der Waals surface area (Å²) in [5.41, 5.74) is 2.35. The van der Waals surface area contributed by atoms with Crippen molar-refractivity contribution in [2.75, 3.05) is 25.3 Å². The average Bonchev–Trinajstić information content (AvgIpc) is 3.34. The average molecular weight is 460 g/mol. The molecule has 1 atom stereocenters. The van der Waals surface area contributed by atoms with Crippen LogP contribution in [0.15, 0.2) is 41.3 Å². The number of rotatable bonds is 6.